The Morgan fingerprint density at radius 3 is 2.88 bits per heavy atom. The molecule has 7 heteroatoms. The summed E-state index contributed by atoms with van der Waals surface area (Å²) in [5, 5.41) is 1.16. The molecule has 0 unspecified atom stereocenters. The first-order valence-electron chi connectivity index (χ1n) is 7.46. The highest BCUT2D eigenvalue weighted by Gasteiger charge is 2.16. The van der Waals surface area contributed by atoms with Gasteiger partial charge in [0.2, 0.25) is 5.91 Å². The summed E-state index contributed by atoms with van der Waals surface area (Å²) in [6.45, 7) is 0.306. The van der Waals surface area contributed by atoms with Crippen LogP contribution in [0.5, 0.6) is 0 Å². The lowest BCUT2D eigenvalue weighted by Gasteiger charge is -2.14. The summed E-state index contributed by atoms with van der Waals surface area (Å²) >= 11 is 7.60. The highest BCUT2D eigenvalue weighted by atomic mass is 35.5. The number of aromatic nitrogens is 1. The Labute approximate surface area is 153 Å². The van der Waals surface area contributed by atoms with Gasteiger partial charge >= 0.3 is 0 Å². The van der Waals surface area contributed by atoms with Crippen molar-refractivity contribution >= 4 is 50.8 Å². The van der Waals surface area contributed by atoms with Crippen molar-refractivity contribution in [2.24, 2.45) is 0 Å². The van der Waals surface area contributed by atoms with Gasteiger partial charge in [-0.3, -0.25) is 4.79 Å². The number of halogens is 2. The van der Waals surface area contributed by atoms with E-state index >= 15 is 0 Å². The third-order valence-corrected chi connectivity index (χ3v) is 5.40. The fraction of sp³-hybridized carbons (Fsp3) is 0.111. The van der Waals surface area contributed by atoms with Crippen molar-refractivity contribution in [2.45, 2.75) is 6.54 Å². The summed E-state index contributed by atoms with van der Waals surface area (Å²) in [7, 11) is 1.67. The average molecular weight is 376 g/mol. The Balaban J connectivity index is 1.74. The Morgan fingerprint density at radius 2 is 2.20 bits per heavy atom. The van der Waals surface area contributed by atoms with Crippen molar-refractivity contribution in [3.05, 3.63) is 63.9 Å². The summed E-state index contributed by atoms with van der Waals surface area (Å²) in [6, 6.07) is 8.24. The molecular weight excluding hydrogens is 361 g/mol. The normalized spacial score (nSPS) is 11.3. The smallest absolute Gasteiger partial charge is 0.246 e. The van der Waals surface area contributed by atoms with Gasteiger partial charge in [0.25, 0.3) is 0 Å². The lowest BCUT2D eigenvalue weighted by atomic mass is 10.2. The topological polar surface area (TPSA) is 59.2 Å². The molecule has 2 aromatic heterocycles. The van der Waals surface area contributed by atoms with Gasteiger partial charge in [-0.2, -0.15) is 0 Å². The molecule has 3 aromatic rings. The van der Waals surface area contributed by atoms with Crippen LogP contribution in [-0.4, -0.2) is 22.8 Å². The minimum Gasteiger partial charge on any atom is -0.384 e. The first-order chi connectivity index (χ1) is 12.0. The van der Waals surface area contributed by atoms with E-state index in [-0.39, 0.29) is 11.7 Å². The summed E-state index contributed by atoms with van der Waals surface area (Å²) < 4.78 is 14.4. The summed E-state index contributed by atoms with van der Waals surface area (Å²) in [4.78, 5) is 18.5. The van der Waals surface area contributed by atoms with Crippen LogP contribution < -0.4 is 5.73 Å². The first kappa shape index (κ1) is 17.4. The fourth-order valence-corrected chi connectivity index (χ4v) is 3.85. The summed E-state index contributed by atoms with van der Waals surface area (Å²) in [5.41, 5.74) is 6.30. The lowest BCUT2D eigenvalue weighted by molar-refractivity contribution is -0.125. The van der Waals surface area contributed by atoms with Crippen LogP contribution in [0.1, 0.15) is 10.4 Å². The minimum atomic E-state index is -0.305. The van der Waals surface area contributed by atoms with E-state index in [0.29, 0.717) is 27.5 Å². The van der Waals surface area contributed by atoms with E-state index in [1.54, 1.807) is 43.6 Å². The Kier molecular flexibility index (Phi) is 5.01. The van der Waals surface area contributed by atoms with Crippen LogP contribution in [0, 0.1) is 5.82 Å². The predicted molar refractivity (Wildman–Crippen MR) is 101 cm³/mol. The van der Waals surface area contributed by atoms with Crippen LogP contribution in [0.25, 0.3) is 16.2 Å². The van der Waals surface area contributed by atoms with Crippen LogP contribution in [0.15, 0.2) is 42.6 Å². The summed E-state index contributed by atoms with van der Waals surface area (Å²) in [6.07, 6.45) is 4.71. The molecule has 0 aliphatic heterocycles. The maximum absolute atomic E-state index is 13.9. The molecule has 25 heavy (non-hydrogen) atoms. The monoisotopic (exact) mass is 375 g/mol. The molecule has 0 bridgehead atoms. The zero-order valence-electron chi connectivity index (χ0n) is 13.4. The number of carbonyl (C=O) groups is 1. The number of rotatable bonds is 4. The van der Waals surface area contributed by atoms with Crippen molar-refractivity contribution in [3.63, 3.8) is 0 Å². The van der Waals surface area contributed by atoms with E-state index in [9.17, 15) is 9.18 Å². The maximum Gasteiger partial charge on any atom is 0.246 e. The van der Waals surface area contributed by atoms with E-state index in [0.717, 1.165) is 10.4 Å². The second-order valence-electron chi connectivity index (χ2n) is 5.50. The molecule has 3 rings (SSSR count). The second-order valence-corrected chi connectivity index (χ2v) is 6.98. The number of hydrogen-bond acceptors (Lipinski definition) is 4. The van der Waals surface area contributed by atoms with Crippen LogP contribution in [-0.2, 0) is 11.3 Å². The van der Waals surface area contributed by atoms with Crippen molar-refractivity contribution in [1.82, 2.24) is 9.88 Å². The van der Waals surface area contributed by atoms with E-state index in [1.165, 1.54) is 28.4 Å². The molecule has 0 aliphatic rings. The van der Waals surface area contributed by atoms with Gasteiger partial charge < -0.3 is 10.6 Å². The Bertz CT molecular complexity index is 953. The molecular formula is C18H15ClFN3OS. The molecule has 2 heterocycles. The number of amides is 1. The van der Waals surface area contributed by atoms with Gasteiger partial charge in [-0.25, -0.2) is 9.37 Å². The van der Waals surface area contributed by atoms with Gasteiger partial charge in [0, 0.05) is 29.6 Å². The third kappa shape index (κ3) is 3.81. The van der Waals surface area contributed by atoms with Crippen molar-refractivity contribution < 1.29 is 9.18 Å². The van der Waals surface area contributed by atoms with E-state index in [2.05, 4.69) is 4.98 Å². The van der Waals surface area contributed by atoms with Crippen molar-refractivity contribution in [3.8, 4) is 0 Å². The lowest BCUT2D eigenvalue weighted by Crippen LogP contribution is -2.23. The summed E-state index contributed by atoms with van der Waals surface area (Å²) in [5.74, 6) is -0.0709. The average Bonchev–Trinajstić information content (AvgIpc) is 2.92. The number of benzene rings is 1. The zero-order valence-corrected chi connectivity index (χ0v) is 14.9. The van der Waals surface area contributed by atoms with Gasteiger partial charge in [-0.1, -0.05) is 23.7 Å². The molecule has 0 spiro atoms. The number of likely N-dealkylation sites (N-methyl/N-ethyl adjacent to an activating group) is 1. The molecule has 0 atom stereocenters. The number of thiophene rings is 1. The van der Waals surface area contributed by atoms with Crippen LogP contribution >= 0.6 is 22.9 Å². The van der Waals surface area contributed by atoms with Crippen molar-refractivity contribution in [1.29, 1.82) is 0 Å². The number of pyridine rings is 1. The minimum absolute atomic E-state index is 0.189. The molecule has 0 saturated heterocycles. The third-order valence-electron chi connectivity index (χ3n) is 3.66. The highest BCUT2D eigenvalue weighted by Crippen LogP contribution is 2.37. The quantitative estimate of drug-likeness (QED) is 0.690. The van der Waals surface area contributed by atoms with Crippen LogP contribution in [0.3, 0.4) is 0 Å². The van der Waals surface area contributed by atoms with Gasteiger partial charge in [0.05, 0.1) is 16.3 Å². The number of nitrogen functional groups attached to an aromatic ring is 1. The number of fused-ring (bicyclic) bond motifs is 1. The number of carbonyl (C=O) groups excluding carboxylic acids is 1. The van der Waals surface area contributed by atoms with E-state index in [4.69, 9.17) is 17.3 Å². The van der Waals surface area contributed by atoms with E-state index < -0.39 is 0 Å². The van der Waals surface area contributed by atoms with Gasteiger partial charge in [-0.05, 0) is 29.8 Å². The number of nitrogens with two attached hydrogens (primary N) is 1. The predicted octanol–water partition coefficient (Wildman–Crippen LogP) is 4.34. The van der Waals surface area contributed by atoms with Crippen molar-refractivity contribution in [2.75, 3.05) is 12.8 Å². The van der Waals surface area contributed by atoms with Crippen LogP contribution in [0.2, 0.25) is 5.02 Å². The first-order valence-corrected chi connectivity index (χ1v) is 8.65. The zero-order chi connectivity index (χ0) is 18.0. The Morgan fingerprint density at radius 1 is 1.40 bits per heavy atom. The number of hydrogen-bond donors (Lipinski definition) is 1. The molecule has 0 saturated carbocycles. The Hall–Kier alpha value is -2.44. The van der Waals surface area contributed by atoms with Gasteiger partial charge in [-0.15, -0.1) is 11.3 Å². The van der Waals surface area contributed by atoms with Crippen LogP contribution in [0.4, 0.5) is 10.2 Å². The molecule has 1 amide bonds. The number of nitrogens with zero attached hydrogens (tertiary/aromatic N) is 2. The molecule has 4 nitrogen and oxygen atoms in total. The SMILES string of the molecule is CN(Cc1sc2c(F)cccc2c1Cl)C(=O)C=Cc1ccc(N)nc1. The maximum atomic E-state index is 13.9. The molecule has 0 radical (unpaired) electrons. The molecule has 2 N–H and O–H groups in total. The molecule has 1 aromatic carbocycles. The molecule has 0 aliphatic carbocycles. The number of anilines is 1. The standard InChI is InChI=1S/C18H15ClFN3OS/c1-23(16(24)8-6-11-5-7-15(21)22-9-11)10-14-17(19)12-3-2-4-13(20)18(12)25-14/h2-9H,10H2,1H3,(H2,21,22). The molecule has 0 fully saturated rings. The highest BCUT2D eigenvalue weighted by molar-refractivity contribution is 7.19. The van der Waals surface area contributed by atoms with Gasteiger partial charge in [0.15, 0.2) is 0 Å². The largest absolute Gasteiger partial charge is 0.384 e. The fourth-order valence-electron chi connectivity index (χ4n) is 2.31. The molecule has 128 valence electrons. The second kappa shape index (κ2) is 7.21. The van der Waals surface area contributed by atoms with E-state index in [1.807, 2.05) is 0 Å². The van der Waals surface area contributed by atoms with Gasteiger partial charge in [0.1, 0.15) is 11.6 Å².